The Balaban J connectivity index is 1.79. The van der Waals surface area contributed by atoms with Crippen molar-refractivity contribution in [3.05, 3.63) is 94.0 Å². The van der Waals surface area contributed by atoms with Crippen LogP contribution in [0.5, 0.6) is 0 Å². The summed E-state index contributed by atoms with van der Waals surface area (Å²) in [6, 6.07) is 22.6. The van der Waals surface area contributed by atoms with Crippen LogP contribution < -0.4 is 5.32 Å². The Morgan fingerprint density at radius 2 is 1.72 bits per heavy atom. The van der Waals surface area contributed by atoms with Gasteiger partial charge in [-0.3, -0.25) is 4.79 Å². The molecule has 0 unspecified atom stereocenters. The molecule has 29 heavy (non-hydrogen) atoms. The zero-order valence-electron chi connectivity index (χ0n) is 15.7. The lowest BCUT2D eigenvalue weighted by Gasteiger charge is -2.12. The van der Waals surface area contributed by atoms with E-state index in [4.69, 9.17) is 28.2 Å². The third-order valence-electron chi connectivity index (χ3n) is 4.80. The molecule has 0 saturated carbocycles. The summed E-state index contributed by atoms with van der Waals surface area (Å²) in [7, 11) is 0. The van der Waals surface area contributed by atoms with Crippen LogP contribution in [0, 0.1) is 0 Å². The molecule has 1 heterocycles. The fraction of sp³-hybridized carbons (Fsp3) is 0.0833. The summed E-state index contributed by atoms with van der Waals surface area (Å²) in [6.45, 7) is 2.12. The normalized spacial score (nSPS) is 10.9. The van der Waals surface area contributed by atoms with Crippen LogP contribution in [0.15, 0.2) is 72.8 Å². The number of aromatic nitrogens is 1. The maximum atomic E-state index is 13.1. The molecule has 4 rings (SSSR count). The molecule has 0 aliphatic carbocycles. The third-order valence-corrected chi connectivity index (χ3v) is 5.36. The first-order valence-electron chi connectivity index (χ1n) is 9.30. The fourth-order valence-electron chi connectivity index (χ4n) is 3.21. The highest BCUT2D eigenvalue weighted by Gasteiger charge is 2.15. The van der Waals surface area contributed by atoms with Gasteiger partial charge in [-0.15, -0.1) is 0 Å². The minimum atomic E-state index is -0.265. The van der Waals surface area contributed by atoms with E-state index in [1.54, 1.807) is 18.2 Å². The number of carbonyl (C=O) groups is 1. The number of pyridine rings is 1. The third kappa shape index (κ3) is 4.12. The van der Waals surface area contributed by atoms with Gasteiger partial charge in [0.2, 0.25) is 0 Å². The Morgan fingerprint density at radius 1 is 0.966 bits per heavy atom. The van der Waals surface area contributed by atoms with Gasteiger partial charge in [-0.2, -0.15) is 0 Å². The maximum absolute atomic E-state index is 13.1. The van der Waals surface area contributed by atoms with Gasteiger partial charge >= 0.3 is 0 Å². The first kappa shape index (κ1) is 19.4. The second-order valence-electron chi connectivity index (χ2n) is 6.70. The van der Waals surface area contributed by atoms with E-state index in [9.17, 15) is 4.79 Å². The molecule has 0 aliphatic rings. The topological polar surface area (TPSA) is 42.0 Å². The highest BCUT2D eigenvalue weighted by Crippen LogP contribution is 2.29. The Labute approximate surface area is 179 Å². The number of para-hydroxylation sites is 1. The van der Waals surface area contributed by atoms with E-state index in [-0.39, 0.29) is 5.91 Å². The maximum Gasteiger partial charge on any atom is 0.256 e. The van der Waals surface area contributed by atoms with Gasteiger partial charge in [0, 0.05) is 16.0 Å². The van der Waals surface area contributed by atoms with Crippen molar-refractivity contribution >= 4 is 45.7 Å². The van der Waals surface area contributed by atoms with Crippen molar-refractivity contribution in [2.75, 3.05) is 5.32 Å². The van der Waals surface area contributed by atoms with Crippen LogP contribution in [0.25, 0.3) is 22.2 Å². The van der Waals surface area contributed by atoms with Crippen LogP contribution in [0.1, 0.15) is 22.8 Å². The van der Waals surface area contributed by atoms with Crippen molar-refractivity contribution in [2.45, 2.75) is 13.3 Å². The zero-order valence-corrected chi connectivity index (χ0v) is 17.3. The van der Waals surface area contributed by atoms with Crippen molar-refractivity contribution in [1.29, 1.82) is 0 Å². The molecule has 144 valence electrons. The number of hydrogen-bond acceptors (Lipinski definition) is 2. The van der Waals surface area contributed by atoms with Gasteiger partial charge in [-0.25, -0.2) is 4.98 Å². The van der Waals surface area contributed by atoms with E-state index in [0.717, 1.165) is 28.6 Å². The predicted molar refractivity (Wildman–Crippen MR) is 121 cm³/mol. The molecule has 1 aromatic heterocycles. The molecule has 0 radical (unpaired) electrons. The number of halogens is 2. The first-order chi connectivity index (χ1) is 14.0. The van der Waals surface area contributed by atoms with Crippen molar-refractivity contribution in [3.8, 4) is 11.3 Å². The smallest absolute Gasteiger partial charge is 0.256 e. The average Bonchev–Trinajstić information content (AvgIpc) is 2.75. The number of carbonyl (C=O) groups excluding carboxylic acids is 1. The molecule has 1 amide bonds. The number of hydrogen-bond donors (Lipinski definition) is 1. The molecule has 4 aromatic rings. The molecule has 0 atom stereocenters. The summed E-state index contributed by atoms with van der Waals surface area (Å²) in [6.07, 6.45) is 0.972. The Bertz CT molecular complexity index is 1200. The quantitative estimate of drug-likeness (QED) is 0.385. The van der Waals surface area contributed by atoms with E-state index in [1.165, 1.54) is 5.56 Å². The van der Waals surface area contributed by atoms with Gasteiger partial charge in [-0.05, 0) is 42.3 Å². The van der Waals surface area contributed by atoms with Gasteiger partial charge in [0.05, 0.1) is 27.5 Å². The standard InChI is InChI=1S/C24H18Cl2N2O/c1-2-15-7-9-16(10-8-15)22-14-19(18-5-3-4-6-21(18)27-22)24(29)28-23-13-17(25)11-12-20(23)26/h3-14H,2H2,1H3,(H,28,29). The highest BCUT2D eigenvalue weighted by molar-refractivity contribution is 6.36. The van der Waals surface area contributed by atoms with E-state index in [0.29, 0.717) is 21.3 Å². The van der Waals surface area contributed by atoms with Crippen molar-refractivity contribution in [2.24, 2.45) is 0 Å². The monoisotopic (exact) mass is 420 g/mol. The van der Waals surface area contributed by atoms with Gasteiger partial charge in [-0.1, -0.05) is 72.6 Å². The number of amides is 1. The minimum Gasteiger partial charge on any atom is -0.321 e. The SMILES string of the molecule is CCc1ccc(-c2cc(C(=O)Nc3cc(Cl)ccc3Cl)c3ccccc3n2)cc1. The molecule has 0 bridgehead atoms. The van der Waals surface area contributed by atoms with E-state index >= 15 is 0 Å². The van der Waals surface area contributed by atoms with Gasteiger partial charge in [0.25, 0.3) is 5.91 Å². The van der Waals surface area contributed by atoms with Crippen LogP contribution in [-0.2, 0) is 6.42 Å². The summed E-state index contributed by atoms with van der Waals surface area (Å²) in [4.78, 5) is 17.9. The number of benzene rings is 3. The van der Waals surface area contributed by atoms with Crippen LogP contribution in [0.3, 0.4) is 0 Å². The molecule has 0 spiro atoms. The lowest BCUT2D eigenvalue weighted by Crippen LogP contribution is -2.13. The molecule has 0 aliphatic heterocycles. The number of fused-ring (bicyclic) bond motifs is 1. The molecular formula is C24H18Cl2N2O. The summed E-state index contributed by atoms with van der Waals surface area (Å²) >= 11 is 12.3. The second kappa shape index (κ2) is 8.24. The molecule has 3 nitrogen and oxygen atoms in total. The Morgan fingerprint density at radius 3 is 2.48 bits per heavy atom. The summed E-state index contributed by atoms with van der Waals surface area (Å²) in [5.74, 6) is -0.265. The van der Waals surface area contributed by atoms with E-state index in [1.807, 2.05) is 42.5 Å². The molecular weight excluding hydrogens is 403 g/mol. The average molecular weight is 421 g/mol. The molecule has 0 fully saturated rings. The minimum absolute atomic E-state index is 0.265. The fourth-order valence-corrected chi connectivity index (χ4v) is 3.54. The molecule has 5 heteroatoms. The summed E-state index contributed by atoms with van der Waals surface area (Å²) in [5, 5.41) is 4.58. The van der Waals surface area contributed by atoms with Crippen LogP contribution in [0.2, 0.25) is 10.0 Å². The zero-order chi connectivity index (χ0) is 20.4. The van der Waals surface area contributed by atoms with Crippen LogP contribution in [-0.4, -0.2) is 10.9 Å². The number of aryl methyl sites for hydroxylation is 1. The lowest BCUT2D eigenvalue weighted by molar-refractivity contribution is 0.102. The summed E-state index contributed by atoms with van der Waals surface area (Å²) < 4.78 is 0. The van der Waals surface area contributed by atoms with Crippen LogP contribution in [0.4, 0.5) is 5.69 Å². The van der Waals surface area contributed by atoms with E-state index < -0.39 is 0 Å². The Hall–Kier alpha value is -2.88. The lowest BCUT2D eigenvalue weighted by atomic mass is 10.0. The molecule has 1 N–H and O–H groups in total. The number of rotatable bonds is 4. The number of anilines is 1. The van der Waals surface area contributed by atoms with Crippen molar-refractivity contribution in [1.82, 2.24) is 4.98 Å². The van der Waals surface area contributed by atoms with Crippen LogP contribution >= 0.6 is 23.2 Å². The van der Waals surface area contributed by atoms with Crippen molar-refractivity contribution < 1.29 is 4.79 Å². The Kier molecular flexibility index (Phi) is 5.52. The first-order valence-corrected chi connectivity index (χ1v) is 10.1. The van der Waals surface area contributed by atoms with Gasteiger partial charge in [0.1, 0.15) is 0 Å². The molecule has 3 aromatic carbocycles. The van der Waals surface area contributed by atoms with Crippen molar-refractivity contribution in [3.63, 3.8) is 0 Å². The number of nitrogens with zero attached hydrogens (tertiary/aromatic N) is 1. The largest absolute Gasteiger partial charge is 0.321 e. The highest BCUT2D eigenvalue weighted by atomic mass is 35.5. The number of nitrogens with one attached hydrogen (secondary N) is 1. The predicted octanol–water partition coefficient (Wildman–Crippen LogP) is 7.02. The molecule has 0 saturated heterocycles. The van der Waals surface area contributed by atoms with E-state index in [2.05, 4.69) is 24.4 Å². The second-order valence-corrected chi connectivity index (χ2v) is 7.54. The van der Waals surface area contributed by atoms with Gasteiger partial charge < -0.3 is 5.32 Å². The van der Waals surface area contributed by atoms with Gasteiger partial charge in [0.15, 0.2) is 0 Å². The summed E-state index contributed by atoms with van der Waals surface area (Å²) in [5.41, 5.74) is 4.71.